The molecule has 0 atom stereocenters. The summed E-state index contributed by atoms with van der Waals surface area (Å²) in [5.41, 5.74) is 4.44. The van der Waals surface area contributed by atoms with Crippen LogP contribution in [0.15, 0.2) is 42.5 Å². The van der Waals surface area contributed by atoms with E-state index in [-0.39, 0.29) is 6.03 Å². The van der Waals surface area contributed by atoms with E-state index in [2.05, 4.69) is 48.3 Å². The summed E-state index contributed by atoms with van der Waals surface area (Å²) in [6.07, 6.45) is 0. The molecule has 1 fully saturated rings. The molecule has 5 heteroatoms. The molecule has 2 aromatic rings. The lowest BCUT2D eigenvalue weighted by Gasteiger charge is -2.34. The average molecular weight is 386 g/mol. The van der Waals surface area contributed by atoms with Crippen molar-refractivity contribution in [1.29, 1.82) is 0 Å². The maximum Gasteiger partial charge on any atom is 0.321 e. The van der Waals surface area contributed by atoms with E-state index in [0.717, 1.165) is 38.3 Å². The van der Waals surface area contributed by atoms with Crippen molar-refractivity contribution in [3.05, 3.63) is 64.2 Å². The zero-order valence-corrected chi connectivity index (χ0v) is 17.1. The Morgan fingerprint density at radius 3 is 2.33 bits per heavy atom. The number of piperazine rings is 1. The second-order valence-corrected chi connectivity index (χ2v) is 7.98. The van der Waals surface area contributed by atoms with Gasteiger partial charge in [-0.25, -0.2) is 4.79 Å². The third kappa shape index (κ3) is 5.24. The molecule has 0 aliphatic carbocycles. The molecule has 0 unspecified atom stereocenters. The summed E-state index contributed by atoms with van der Waals surface area (Å²) in [6, 6.07) is 14.4. The molecular weight excluding hydrogens is 358 g/mol. The van der Waals surface area contributed by atoms with E-state index in [1.165, 1.54) is 11.1 Å². The van der Waals surface area contributed by atoms with Gasteiger partial charge in [-0.2, -0.15) is 0 Å². The van der Waals surface area contributed by atoms with Crippen LogP contribution in [0.2, 0.25) is 5.02 Å². The highest BCUT2D eigenvalue weighted by Crippen LogP contribution is 2.23. The molecule has 0 aromatic heterocycles. The summed E-state index contributed by atoms with van der Waals surface area (Å²) in [4.78, 5) is 16.8. The number of rotatable bonds is 4. The molecule has 1 N–H and O–H groups in total. The predicted molar refractivity (Wildman–Crippen MR) is 113 cm³/mol. The number of benzene rings is 2. The Balaban J connectivity index is 1.50. The fourth-order valence-corrected chi connectivity index (χ4v) is 3.57. The lowest BCUT2D eigenvalue weighted by atomic mass is 10.0. The number of carbonyl (C=O) groups excluding carboxylic acids is 1. The maximum atomic E-state index is 12.5. The molecule has 27 heavy (non-hydrogen) atoms. The Labute approximate surface area is 167 Å². The van der Waals surface area contributed by atoms with Gasteiger partial charge < -0.3 is 10.2 Å². The average Bonchev–Trinajstić information content (AvgIpc) is 2.65. The molecule has 1 saturated heterocycles. The largest absolute Gasteiger partial charge is 0.322 e. The minimum absolute atomic E-state index is 0.0818. The monoisotopic (exact) mass is 385 g/mol. The normalized spacial score (nSPS) is 15.2. The highest BCUT2D eigenvalue weighted by molar-refractivity contribution is 6.33. The van der Waals surface area contributed by atoms with Gasteiger partial charge in [0.05, 0.1) is 10.7 Å². The van der Waals surface area contributed by atoms with Gasteiger partial charge in [-0.3, -0.25) is 4.90 Å². The molecule has 4 nitrogen and oxygen atoms in total. The van der Waals surface area contributed by atoms with Crippen LogP contribution in [-0.4, -0.2) is 42.0 Å². The van der Waals surface area contributed by atoms with Crippen LogP contribution in [0.25, 0.3) is 0 Å². The van der Waals surface area contributed by atoms with Crippen molar-refractivity contribution < 1.29 is 4.79 Å². The standard InChI is InChI=1S/C22H28ClN3O/c1-16(2)19-7-5-18(6-8-19)15-25-10-12-26(13-11-25)22(27)24-21-9-4-17(3)14-20(21)23/h4-9,14,16H,10-13,15H2,1-3H3,(H,24,27). The molecule has 1 heterocycles. The molecule has 0 radical (unpaired) electrons. The number of nitrogens with one attached hydrogen (secondary N) is 1. The molecule has 3 rings (SSSR count). The third-order valence-corrected chi connectivity index (χ3v) is 5.39. The van der Waals surface area contributed by atoms with Crippen molar-refractivity contribution in [1.82, 2.24) is 9.80 Å². The Hall–Kier alpha value is -2.04. The number of hydrogen-bond donors (Lipinski definition) is 1. The molecule has 1 aliphatic heterocycles. The van der Waals surface area contributed by atoms with E-state index < -0.39 is 0 Å². The van der Waals surface area contributed by atoms with Gasteiger partial charge in [0, 0.05) is 32.7 Å². The van der Waals surface area contributed by atoms with E-state index in [4.69, 9.17) is 11.6 Å². The number of carbonyl (C=O) groups is 1. The summed E-state index contributed by atoms with van der Waals surface area (Å²) in [5, 5.41) is 3.50. The number of urea groups is 1. The molecule has 144 valence electrons. The van der Waals surface area contributed by atoms with Crippen molar-refractivity contribution in [3.63, 3.8) is 0 Å². The van der Waals surface area contributed by atoms with Crippen LogP contribution in [0.4, 0.5) is 10.5 Å². The van der Waals surface area contributed by atoms with Crippen molar-refractivity contribution in [2.45, 2.75) is 33.2 Å². The third-order valence-electron chi connectivity index (χ3n) is 5.08. The summed E-state index contributed by atoms with van der Waals surface area (Å²) in [6.45, 7) is 10.5. The highest BCUT2D eigenvalue weighted by atomic mass is 35.5. The zero-order valence-electron chi connectivity index (χ0n) is 16.3. The van der Waals surface area contributed by atoms with Crippen molar-refractivity contribution in [2.24, 2.45) is 0 Å². The zero-order chi connectivity index (χ0) is 19.4. The fourth-order valence-electron chi connectivity index (χ4n) is 3.29. The summed E-state index contributed by atoms with van der Waals surface area (Å²) < 4.78 is 0. The van der Waals surface area contributed by atoms with E-state index in [1.807, 2.05) is 30.0 Å². The molecule has 0 spiro atoms. The highest BCUT2D eigenvalue weighted by Gasteiger charge is 2.21. The van der Waals surface area contributed by atoms with Gasteiger partial charge in [0.25, 0.3) is 0 Å². The number of amides is 2. The van der Waals surface area contributed by atoms with E-state index in [0.29, 0.717) is 16.6 Å². The minimum atomic E-state index is -0.0818. The first-order valence-corrected chi connectivity index (χ1v) is 9.93. The number of hydrogen-bond acceptors (Lipinski definition) is 2. The smallest absolute Gasteiger partial charge is 0.321 e. The Kier molecular flexibility index (Phi) is 6.40. The number of halogens is 1. The van der Waals surface area contributed by atoms with Crippen molar-refractivity contribution >= 4 is 23.3 Å². The fraction of sp³-hybridized carbons (Fsp3) is 0.409. The van der Waals surface area contributed by atoms with E-state index in [1.54, 1.807) is 0 Å². The summed E-state index contributed by atoms with van der Waals surface area (Å²) in [7, 11) is 0. The van der Waals surface area contributed by atoms with Gasteiger partial charge in [-0.05, 0) is 41.7 Å². The van der Waals surface area contributed by atoms with Crippen LogP contribution in [0.1, 0.15) is 36.5 Å². The molecular formula is C22H28ClN3O. The Morgan fingerprint density at radius 1 is 1.07 bits per heavy atom. The first-order chi connectivity index (χ1) is 12.9. The van der Waals surface area contributed by atoms with Gasteiger partial charge in [-0.1, -0.05) is 55.8 Å². The van der Waals surface area contributed by atoms with Crippen LogP contribution in [0.5, 0.6) is 0 Å². The minimum Gasteiger partial charge on any atom is -0.322 e. The summed E-state index contributed by atoms with van der Waals surface area (Å²) >= 11 is 6.22. The molecule has 0 bridgehead atoms. The number of nitrogens with zero attached hydrogens (tertiary/aromatic N) is 2. The second-order valence-electron chi connectivity index (χ2n) is 7.57. The quantitative estimate of drug-likeness (QED) is 0.792. The van der Waals surface area contributed by atoms with Gasteiger partial charge >= 0.3 is 6.03 Å². The van der Waals surface area contributed by atoms with Crippen LogP contribution in [0, 0.1) is 6.92 Å². The first kappa shape index (κ1) is 19.7. The molecule has 2 aromatic carbocycles. The Bertz CT molecular complexity index is 781. The molecule has 1 aliphatic rings. The van der Waals surface area contributed by atoms with E-state index in [9.17, 15) is 4.79 Å². The number of aryl methyl sites for hydroxylation is 1. The lowest BCUT2D eigenvalue weighted by molar-refractivity contribution is 0.143. The van der Waals surface area contributed by atoms with Crippen LogP contribution in [0.3, 0.4) is 0 Å². The maximum absolute atomic E-state index is 12.5. The molecule has 2 amide bonds. The van der Waals surface area contributed by atoms with Crippen LogP contribution >= 0.6 is 11.6 Å². The predicted octanol–water partition coefficient (Wildman–Crippen LogP) is 5.12. The SMILES string of the molecule is Cc1ccc(NC(=O)N2CCN(Cc3ccc(C(C)C)cc3)CC2)c(Cl)c1. The second kappa shape index (κ2) is 8.77. The van der Waals surface area contributed by atoms with Crippen LogP contribution < -0.4 is 5.32 Å². The van der Waals surface area contributed by atoms with Gasteiger partial charge in [-0.15, -0.1) is 0 Å². The van der Waals surface area contributed by atoms with Gasteiger partial charge in [0.2, 0.25) is 0 Å². The number of anilines is 1. The van der Waals surface area contributed by atoms with Crippen molar-refractivity contribution in [2.75, 3.05) is 31.5 Å². The molecule has 0 saturated carbocycles. The lowest BCUT2D eigenvalue weighted by Crippen LogP contribution is -2.49. The van der Waals surface area contributed by atoms with Gasteiger partial charge in [0.1, 0.15) is 0 Å². The van der Waals surface area contributed by atoms with Gasteiger partial charge in [0.15, 0.2) is 0 Å². The Morgan fingerprint density at radius 2 is 1.74 bits per heavy atom. The topological polar surface area (TPSA) is 35.6 Å². The summed E-state index contributed by atoms with van der Waals surface area (Å²) in [5.74, 6) is 0.558. The first-order valence-electron chi connectivity index (χ1n) is 9.55. The van der Waals surface area contributed by atoms with E-state index >= 15 is 0 Å². The van der Waals surface area contributed by atoms with Crippen LogP contribution in [-0.2, 0) is 6.54 Å². The van der Waals surface area contributed by atoms with Crippen molar-refractivity contribution in [3.8, 4) is 0 Å².